The summed E-state index contributed by atoms with van der Waals surface area (Å²) in [4.78, 5) is 16.7. The van der Waals surface area contributed by atoms with Crippen molar-refractivity contribution in [2.75, 3.05) is 41.6 Å². The van der Waals surface area contributed by atoms with Crippen LogP contribution in [-0.4, -0.2) is 57.7 Å². The van der Waals surface area contributed by atoms with E-state index in [0.717, 1.165) is 10.6 Å². The first kappa shape index (κ1) is 22.4. The molecule has 1 unspecified atom stereocenters. The highest BCUT2D eigenvalue weighted by Gasteiger charge is 2.34. The number of anilines is 2. The van der Waals surface area contributed by atoms with E-state index in [-0.39, 0.29) is 11.7 Å². The van der Waals surface area contributed by atoms with Gasteiger partial charge in [-0.15, -0.1) is 0 Å². The first-order valence-electron chi connectivity index (χ1n) is 9.63. The lowest BCUT2D eigenvalue weighted by molar-refractivity contribution is -0.132. The molecule has 6 nitrogen and oxygen atoms in total. The lowest BCUT2D eigenvalue weighted by atomic mass is 10.1. The number of carbonyl (C=O) groups excluding carboxylic acids is 1. The fraction of sp³-hybridized carbons (Fsp3) is 0.381. The number of carbonyl (C=O) groups is 1. The number of amides is 1. The average molecular weight is 454 g/mol. The van der Waals surface area contributed by atoms with Crippen molar-refractivity contribution in [2.45, 2.75) is 19.9 Å². The van der Waals surface area contributed by atoms with E-state index in [9.17, 15) is 17.6 Å². The lowest BCUT2D eigenvalue weighted by Gasteiger charge is -2.39. The van der Waals surface area contributed by atoms with Crippen molar-refractivity contribution in [1.29, 1.82) is 0 Å². The molecule has 1 amide bonds. The van der Waals surface area contributed by atoms with Gasteiger partial charge >= 0.3 is 0 Å². The maximum atomic E-state index is 14.0. The highest BCUT2D eigenvalue weighted by molar-refractivity contribution is 7.92. The summed E-state index contributed by atoms with van der Waals surface area (Å²) >= 11 is 6.08. The first-order chi connectivity index (χ1) is 14.1. The van der Waals surface area contributed by atoms with Crippen LogP contribution in [-0.2, 0) is 14.8 Å². The molecule has 3 rings (SSSR count). The fourth-order valence-electron chi connectivity index (χ4n) is 3.73. The number of rotatable bonds is 5. The summed E-state index contributed by atoms with van der Waals surface area (Å²) in [5, 5.41) is 0.391. The van der Waals surface area contributed by atoms with Crippen molar-refractivity contribution in [2.24, 2.45) is 0 Å². The second kappa shape index (κ2) is 8.81. The zero-order chi connectivity index (χ0) is 22.1. The van der Waals surface area contributed by atoms with Crippen LogP contribution in [0, 0.1) is 12.7 Å². The SMILES string of the molecule is Cc1ccc(Cl)cc1N(C(C)C(=O)N1CCN(c2ccccc2F)CC1)S(C)(=O)=O. The van der Waals surface area contributed by atoms with Gasteiger partial charge in [-0.05, 0) is 43.7 Å². The zero-order valence-electron chi connectivity index (χ0n) is 17.2. The van der Waals surface area contributed by atoms with Crippen LogP contribution < -0.4 is 9.21 Å². The molecule has 0 spiro atoms. The third kappa shape index (κ3) is 4.70. The van der Waals surface area contributed by atoms with Gasteiger partial charge < -0.3 is 9.80 Å². The molecule has 0 radical (unpaired) electrons. The van der Waals surface area contributed by atoms with Gasteiger partial charge in [0.05, 0.1) is 17.6 Å². The predicted molar refractivity (Wildman–Crippen MR) is 118 cm³/mol. The van der Waals surface area contributed by atoms with Gasteiger partial charge in [-0.3, -0.25) is 9.10 Å². The largest absolute Gasteiger partial charge is 0.366 e. The van der Waals surface area contributed by atoms with Crippen molar-refractivity contribution in [3.05, 3.63) is 58.9 Å². The highest BCUT2D eigenvalue weighted by Crippen LogP contribution is 2.29. The standard InChI is InChI=1S/C21H25ClFN3O3S/c1-15-8-9-17(22)14-20(15)26(30(3,28)29)16(2)21(27)25-12-10-24(11-13-25)19-7-5-4-6-18(19)23/h4-9,14,16H,10-13H2,1-3H3. The quantitative estimate of drug-likeness (QED) is 0.697. The van der Waals surface area contributed by atoms with E-state index in [2.05, 4.69) is 0 Å². The number of hydrogen-bond acceptors (Lipinski definition) is 4. The van der Waals surface area contributed by atoms with Gasteiger partial charge in [0.2, 0.25) is 15.9 Å². The Morgan fingerprint density at radius 2 is 1.77 bits per heavy atom. The van der Waals surface area contributed by atoms with Gasteiger partial charge in [-0.1, -0.05) is 29.8 Å². The Hall–Kier alpha value is -2.32. The number of nitrogens with zero attached hydrogens (tertiary/aromatic N) is 3. The minimum absolute atomic E-state index is 0.298. The summed E-state index contributed by atoms with van der Waals surface area (Å²) in [5.41, 5.74) is 1.59. The molecule has 0 saturated carbocycles. The van der Waals surface area contributed by atoms with Crippen molar-refractivity contribution >= 4 is 38.9 Å². The Morgan fingerprint density at radius 1 is 1.13 bits per heavy atom. The molecule has 162 valence electrons. The number of halogens is 2. The second-order valence-electron chi connectivity index (χ2n) is 7.43. The molecular weight excluding hydrogens is 429 g/mol. The zero-order valence-corrected chi connectivity index (χ0v) is 18.8. The number of piperazine rings is 1. The summed E-state index contributed by atoms with van der Waals surface area (Å²) in [6.07, 6.45) is 1.08. The third-order valence-corrected chi connectivity index (χ3v) is 6.72. The normalized spacial score (nSPS) is 15.8. The van der Waals surface area contributed by atoms with E-state index >= 15 is 0 Å². The van der Waals surface area contributed by atoms with Crippen LogP contribution in [0.1, 0.15) is 12.5 Å². The molecule has 1 fully saturated rings. The molecule has 1 aliphatic rings. The Kier molecular flexibility index (Phi) is 6.57. The molecule has 1 heterocycles. The molecular formula is C21H25ClFN3O3S. The lowest BCUT2D eigenvalue weighted by Crippen LogP contribution is -2.55. The van der Waals surface area contributed by atoms with E-state index in [4.69, 9.17) is 11.6 Å². The predicted octanol–water partition coefficient (Wildman–Crippen LogP) is 3.29. The molecule has 0 aliphatic carbocycles. The van der Waals surface area contributed by atoms with Crippen LogP contribution >= 0.6 is 11.6 Å². The smallest absolute Gasteiger partial charge is 0.246 e. The topological polar surface area (TPSA) is 60.9 Å². The minimum atomic E-state index is -3.73. The first-order valence-corrected chi connectivity index (χ1v) is 11.9. The van der Waals surface area contributed by atoms with E-state index in [1.165, 1.54) is 6.07 Å². The fourth-order valence-corrected chi connectivity index (χ4v) is 5.12. The van der Waals surface area contributed by atoms with Crippen LogP contribution in [0.25, 0.3) is 0 Å². The molecule has 0 bridgehead atoms. The second-order valence-corrected chi connectivity index (χ2v) is 9.73. The summed E-state index contributed by atoms with van der Waals surface area (Å²) in [7, 11) is -3.73. The Labute approximate surface area is 181 Å². The summed E-state index contributed by atoms with van der Waals surface area (Å²) in [5.74, 6) is -0.599. The highest BCUT2D eigenvalue weighted by atomic mass is 35.5. The van der Waals surface area contributed by atoms with E-state index in [1.807, 2.05) is 4.90 Å². The average Bonchev–Trinajstić information content (AvgIpc) is 2.69. The molecule has 0 N–H and O–H groups in total. The number of hydrogen-bond donors (Lipinski definition) is 0. The van der Waals surface area contributed by atoms with Crippen molar-refractivity contribution in [1.82, 2.24) is 4.90 Å². The number of aryl methyl sites for hydroxylation is 1. The van der Waals surface area contributed by atoms with E-state index in [1.54, 1.807) is 55.1 Å². The van der Waals surface area contributed by atoms with Gasteiger partial charge in [0.25, 0.3) is 0 Å². The Balaban J connectivity index is 1.78. The van der Waals surface area contributed by atoms with Gasteiger partial charge in [-0.25, -0.2) is 12.8 Å². The van der Waals surface area contributed by atoms with Crippen LogP contribution in [0.5, 0.6) is 0 Å². The summed E-state index contributed by atoms with van der Waals surface area (Å²) in [6.45, 7) is 5.04. The molecule has 9 heteroatoms. The molecule has 0 aromatic heterocycles. The van der Waals surface area contributed by atoms with Gasteiger partial charge in [-0.2, -0.15) is 0 Å². The van der Waals surface area contributed by atoms with E-state index < -0.39 is 16.1 Å². The number of para-hydroxylation sites is 1. The van der Waals surface area contributed by atoms with Crippen LogP contribution in [0.15, 0.2) is 42.5 Å². The molecule has 1 atom stereocenters. The minimum Gasteiger partial charge on any atom is -0.366 e. The van der Waals surface area contributed by atoms with Gasteiger partial charge in [0.1, 0.15) is 11.9 Å². The van der Waals surface area contributed by atoms with Gasteiger partial charge in [0, 0.05) is 31.2 Å². The summed E-state index contributed by atoms with van der Waals surface area (Å²) < 4.78 is 40.3. The third-order valence-electron chi connectivity index (χ3n) is 5.26. The monoisotopic (exact) mass is 453 g/mol. The molecule has 2 aromatic rings. The summed E-state index contributed by atoms with van der Waals surface area (Å²) in [6, 6.07) is 10.5. The number of benzene rings is 2. The molecule has 30 heavy (non-hydrogen) atoms. The van der Waals surface area contributed by atoms with Crippen molar-refractivity contribution in [3.63, 3.8) is 0 Å². The maximum Gasteiger partial charge on any atom is 0.246 e. The van der Waals surface area contributed by atoms with Gasteiger partial charge in [0.15, 0.2) is 0 Å². The molecule has 1 saturated heterocycles. The van der Waals surface area contributed by atoms with Crippen molar-refractivity contribution in [3.8, 4) is 0 Å². The number of sulfonamides is 1. The van der Waals surface area contributed by atoms with Crippen molar-refractivity contribution < 1.29 is 17.6 Å². The Morgan fingerprint density at radius 3 is 2.37 bits per heavy atom. The molecule has 1 aliphatic heterocycles. The van der Waals surface area contributed by atoms with Crippen LogP contribution in [0.3, 0.4) is 0 Å². The van der Waals surface area contributed by atoms with E-state index in [0.29, 0.717) is 48.1 Å². The van der Waals surface area contributed by atoms with Crippen LogP contribution in [0.2, 0.25) is 5.02 Å². The molecule has 2 aromatic carbocycles. The maximum absolute atomic E-state index is 14.0. The van der Waals surface area contributed by atoms with Crippen LogP contribution in [0.4, 0.5) is 15.8 Å². The Bertz CT molecular complexity index is 1040.